The normalized spacial score (nSPS) is 10.7. The number of amides is 1. The van der Waals surface area contributed by atoms with Crippen LogP contribution >= 0.6 is 34.8 Å². The molecule has 0 spiro atoms. The molecule has 3 aromatic rings. The van der Waals surface area contributed by atoms with Crippen LogP contribution < -0.4 is 10.2 Å². The zero-order valence-corrected chi connectivity index (χ0v) is 17.0. The third-order valence-electron chi connectivity index (χ3n) is 3.75. The Hall–Kier alpha value is -2.86. The summed E-state index contributed by atoms with van der Waals surface area (Å²) in [5.74, 6) is -0.710. The summed E-state index contributed by atoms with van der Waals surface area (Å²) < 4.78 is 5.42. The number of nitrogens with zero attached hydrogens (tertiary/aromatic N) is 1. The minimum atomic E-state index is -0.539. The predicted molar refractivity (Wildman–Crippen MR) is 114 cm³/mol. The van der Waals surface area contributed by atoms with Crippen molar-refractivity contribution in [2.75, 3.05) is 0 Å². The number of rotatable bonds is 5. The van der Waals surface area contributed by atoms with Gasteiger partial charge in [-0.15, -0.1) is 0 Å². The molecule has 0 fully saturated rings. The fourth-order valence-corrected chi connectivity index (χ4v) is 2.71. The van der Waals surface area contributed by atoms with Crippen molar-refractivity contribution in [3.63, 3.8) is 0 Å². The average Bonchev–Trinajstić information content (AvgIpc) is 2.71. The number of hydrogen-bond donors (Lipinski definition) is 1. The Kier molecular flexibility index (Phi) is 6.88. The molecule has 0 aliphatic heterocycles. The molecule has 0 saturated heterocycles. The van der Waals surface area contributed by atoms with Crippen LogP contribution in [-0.4, -0.2) is 18.1 Å². The van der Waals surface area contributed by atoms with Crippen molar-refractivity contribution < 1.29 is 14.3 Å². The van der Waals surface area contributed by atoms with E-state index in [1.807, 2.05) is 0 Å². The maximum atomic E-state index is 12.3. The Balaban J connectivity index is 1.69. The van der Waals surface area contributed by atoms with E-state index in [-0.39, 0.29) is 5.02 Å². The second-order valence-corrected chi connectivity index (χ2v) is 7.01. The number of carbonyl (C=O) groups is 2. The smallest absolute Gasteiger partial charge is 0.343 e. The topological polar surface area (TPSA) is 67.8 Å². The summed E-state index contributed by atoms with van der Waals surface area (Å²) in [6, 6.07) is 17.6. The SMILES string of the molecule is O=C(N/N=C/c1ccccc1OC(=O)c1ccc(Cl)cc1)c1ccc(Cl)c(Cl)c1. The molecule has 0 aliphatic carbocycles. The lowest BCUT2D eigenvalue weighted by Crippen LogP contribution is -2.17. The molecule has 1 amide bonds. The van der Waals surface area contributed by atoms with Crippen molar-refractivity contribution >= 4 is 52.9 Å². The first kappa shape index (κ1) is 20.9. The second-order valence-electron chi connectivity index (χ2n) is 5.76. The van der Waals surface area contributed by atoms with Gasteiger partial charge in [-0.2, -0.15) is 5.10 Å². The molecule has 0 heterocycles. The number of nitrogens with one attached hydrogen (secondary N) is 1. The third kappa shape index (κ3) is 5.57. The van der Waals surface area contributed by atoms with Crippen molar-refractivity contribution in [3.05, 3.63) is 98.5 Å². The van der Waals surface area contributed by atoms with E-state index >= 15 is 0 Å². The van der Waals surface area contributed by atoms with Crippen molar-refractivity contribution in [2.45, 2.75) is 0 Å². The van der Waals surface area contributed by atoms with E-state index in [0.29, 0.717) is 32.5 Å². The largest absolute Gasteiger partial charge is 0.422 e. The van der Waals surface area contributed by atoms with Gasteiger partial charge in [0.25, 0.3) is 5.91 Å². The molecule has 29 heavy (non-hydrogen) atoms. The van der Waals surface area contributed by atoms with Crippen LogP contribution in [0.3, 0.4) is 0 Å². The Morgan fingerprint density at radius 3 is 2.28 bits per heavy atom. The molecule has 0 unspecified atom stereocenters. The monoisotopic (exact) mass is 446 g/mol. The fraction of sp³-hybridized carbons (Fsp3) is 0. The van der Waals surface area contributed by atoms with Gasteiger partial charge >= 0.3 is 5.97 Å². The molecule has 0 atom stereocenters. The third-order valence-corrected chi connectivity index (χ3v) is 4.74. The van der Waals surface area contributed by atoms with Crippen LogP contribution in [0.4, 0.5) is 0 Å². The molecular weight excluding hydrogens is 435 g/mol. The summed E-state index contributed by atoms with van der Waals surface area (Å²) in [6.45, 7) is 0. The van der Waals surface area contributed by atoms with Gasteiger partial charge in [0.05, 0.1) is 21.8 Å². The molecule has 0 saturated carbocycles. The van der Waals surface area contributed by atoms with Crippen molar-refractivity contribution in [1.29, 1.82) is 0 Å². The molecule has 1 N–H and O–H groups in total. The number of esters is 1. The maximum Gasteiger partial charge on any atom is 0.343 e. The molecule has 0 aromatic heterocycles. The lowest BCUT2D eigenvalue weighted by molar-refractivity contribution is 0.0734. The number of hydrogen-bond acceptors (Lipinski definition) is 4. The maximum absolute atomic E-state index is 12.3. The highest BCUT2D eigenvalue weighted by Crippen LogP contribution is 2.22. The summed E-state index contributed by atoms with van der Waals surface area (Å²) in [4.78, 5) is 24.5. The van der Waals surface area contributed by atoms with Crippen LogP contribution in [-0.2, 0) is 0 Å². The predicted octanol–water partition coefficient (Wildman–Crippen LogP) is 5.63. The highest BCUT2D eigenvalue weighted by molar-refractivity contribution is 6.42. The zero-order chi connectivity index (χ0) is 20.8. The van der Waals surface area contributed by atoms with Gasteiger partial charge in [0, 0.05) is 16.1 Å². The van der Waals surface area contributed by atoms with E-state index in [4.69, 9.17) is 39.5 Å². The van der Waals surface area contributed by atoms with E-state index in [0.717, 1.165) is 0 Å². The van der Waals surface area contributed by atoms with Crippen LogP contribution in [0.25, 0.3) is 0 Å². The molecule has 0 aliphatic rings. The first-order valence-electron chi connectivity index (χ1n) is 8.29. The fourth-order valence-electron chi connectivity index (χ4n) is 2.29. The Morgan fingerprint density at radius 1 is 0.862 bits per heavy atom. The van der Waals surface area contributed by atoms with E-state index < -0.39 is 11.9 Å². The summed E-state index contributed by atoms with van der Waals surface area (Å²) in [6.07, 6.45) is 1.37. The summed E-state index contributed by atoms with van der Waals surface area (Å²) in [7, 11) is 0. The number of benzene rings is 3. The van der Waals surface area contributed by atoms with Gasteiger partial charge in [0.1, 0.15) is 5.75 Å². The van der Waals surface area contributed by atoms with Gasteiger partial charge in [0.15, 0.2) is 0 Å². The number of para-hydroxylation sites is 1. The summed E-state index contributed by atoms with van der Waals surface area (Å²) in [5, 5.41) is 5.05. The Bertz CT molecular complexity index is 1080. The lowest BCUT2D eigenvalue weighted by atomic mass is 10.2. The second kappa shape index (κ2) is 9.56. The number of halogens is 3. The average molecular weight is 448 g/mol. The van der Waals surface area contributed by atoms with Gasteiger partial charge in [-0.25, -0.2) is 10.2 Å². The van der Waals surface area contributed by atoms with Crippen LogP contribution in [0, 0.1) is 0 Å². The van der Waals surface area contributed by atoms with E-state index in [1.165, 1.54) is 24.4 Å². The van der Waals surface area contributed by atoms with E-state index in [9.17, 15) is 9.59 Å². The molecular formula is C21H13Cl3N2O3. The molecule has 0 bridgehead atoms. The molecule has 3 aromatic carbocycles. The number of carbonyl (C=O) groups excluding carboxylic acids is 2. The van der Waals surface area contributed by atoms with Gasteiger partial charge in [0.2, 0.25) is 0 Å². The zero-order valence-electron chi connectivity index (χ0n) is 14.7. The highest BCUT2D eigenvalue weighted by Gasteiger charge is 2.11. The van der Waals surface area contributed by atoms with Crippen molar-refractivity contribution in [1.82, 2.24) is 5.43 Å². The minimum absolute atomic E-state index is 0.266. The van der Waals surface area contributed by atoms with Gasteiger partial charge in [-0.1, -0.05) is 46.9 Å². The van der Waals surface area contributed by atoms with E-state index in [1.54, 1.807) is 48.5 Å². The first-order chi connectivity index (χ1) is 13.9. The van der Waals surface area contributed by atoms with Gasteiger partial charge < -0.3 is 4.74 Å². The van der Waals surface area contributed by atoms with Crippen molar-refractivity contribution in [2.24, 2.45) is 5.10 Å². The molecule has 146 valence electrons. The van der Waals surface area contributed by atoms with Crippen molar-refractivity contribution in [3.8, 4) is 5.75 Å². The quantitative estimate of drug-likeness (QED) is 0.238. The molecule has 8 heteroatoms. The van der Waals surface area contributed by atoms with Crippen LogP contribution in [0.15, 0.2) is 71.8 Å². The van der Waals surface area contributed by atoms with Gasteiger partial charge in [-0.3, -0.25) is 4.79 Å². The van der Waals surface area contributed by atoms with Crippen LogP contribution in [0.2, 0.25) is 15.1 Å². The number of hydrazone groups is 1. The van der Waals surface area contributed by atoms with Gasteiger partial charge in [-0.05, 0) is 54.6 Å². The summed E-state index contributed by atoms with van der Waals surface area (Å²) >= 11 is 17.6. The first-order valence-corrected chi connectivity index (χ1v) is 9.42. The molecule has 0 radical (unpaired) electrons. The minimum Gasteiger partial charge on any atom is -0.422 e. The van der Waals surface area contributed by atoms with E-state index in [2.05, 4.69) is 10.5 Å². The molecule has 3 rings (SSSR count). The summed E-state index contributed by atoms with van der Waals surface area (Å²) in [5.41, 5.74) is 3.55. The molecule has 5 nitrogen and oxygen atoms in total. The Labute approximate surface area is 181 Å². The lowest BCUT2D eigenvalue weighted by Gasteiger charge is -2.07. The number of ether oxygens (including phenoxy) is 1. The van der Waals surface area contributed by atoms with Crippen LogP contribution in [0.1, 0.15) is 26.3 Å². The van der Waals surface area contributed by atoms with Crippen LogP contribution in [0.5, 0.6) is 5.75 Å². The standard InChI is InChI=1S/C21H13Cl3N2O3/c22-16-8-5-13(6-9-16)21(28)29-19-4-2-1-3-15(19)12-25-26-20(27)14-7-10-17(23)18(24)11-14/h1-12H,(H,26,27)/b25-12+. The highest BCUT2D eigenvalue weighted by atomic mass is 35.5. The Morgan fingerprint density at radius 2 is 1.55 bits per heavy atom.